The van der Waals surface area contributed by atoms with Crippen LogP contribution in [0.15, 0.2) is 41.4 Å². The molecule has 0 spiro atoms. The number of carbonyl (C=O) groups is 4. The molecule has 1 heterocycles. The van der Waals surface area contributed by atoms with Crippen LogP contribution in [0, 0.1) is 21.7 Å². The van der Waals surface area contributed by atoms with Gasteiger partial charge in [-0.1, -0.05) is 36.4 Å². The Morgan fingerprint density at radius 2 is 1.11 bits per heavy atom. The minimum absolute atomic E-state index is 0.340. The molecule has 0 radical (unpaired) electrons. The predicted octanol–water partition coefficient (Wildman–Crippen LogP) is 5.96. The van der Waals surface area contributed by atoms with Gasteiger partial charge in [0.05, 0.1) is 21.7 Å². The van der Waals surface area contributed by atoms with Gasteiger partial charge >= 0.3 is 23.9 Å². The molecule has 1 aromatic carbocycles. The van der Waals surface area contributed by atoms with Crippen molar-refractivity contribution in [3.05, 3.63) is 42.0 Å². The molecule has 1 aliphatic heterocycles. The Hall–Kier alpha value is -3.53. The summed E-state index contributed by atoms with van der Waals surface area (Å²) in [7, 11) is 0. The Labute approximate surface area is 267 Å². The monoisotopic (exact) mass is 629 g/mol. The quantitative estimate of drug-likeness (QED) is 0.194. The maximum absolute atomic E-state index is 13.3. The molecule has 2 rings (SSSR count). The van der Waals surface area contributed by atoms with E-state index in [-0.39, 0.29) is 6.61 Å². The number of carbonyl (C=O) groups excluding carboxylic acids is 4. The van der Waals surface area contributed by atoms with Gasteiger partial charge in [0.2, 0.25) is 0 Å². The molecule has 0 aliphatic carbocycles. The normalized spacial score (nSPS) is 23.1. The van der Waals surface area contributed by atoms with Crippen molar-refractivity contribution in [2.24, 2.45) is 26.7 Å². The fourth-order valence-corrected chi connectivity index (χ4v) is 3.68. The second-order valence-corrected chi connectivity index (χ2v) is 15.3. The summed E-state index contributed by atoms with van der Waals surface area (Å²) in [6.45, 7) is 19.9. The summed E-state index contributed by atoms with van der Waals surface area (Å²) < 4.78 is 29.8. The standard InChI is InChI=1S/C35H51NO9/c1-32(2,3)28(37)41-21-23-24(43-29(38)33(4,5)6)25(44-30(39)34(7,8)9)26(45-31(40)35(10,11)12)27(42-23)36-20-16-19-22-17-14-13-15-18-22/h13-20,23-27H,21H2,1-12H3/b19-16+,36-20+/t23-,24+,25+,26-,27-/m1/s1. The second-order valence-electron chi connectivity index (χ2n) is 15.3. The van der Waals surface area contributed by atoms with Crippen molar-refractivity contribution in [2.75, 3.05) is 6.61 Å². The number of hydrogen-bond donors (Lipinski definition) is 0. The minimum atomic E-state index is -1.35. The van der Waals surface area contributed by atoms with Crippen LogP contribution in [-0.4, -0.2) is 67.3 Å². The van der Waals surface area contributed by atoms with E-state index in [0.717, 1.165) is 5.56 Å². The number of hydrogen-bond acceptors (Lipinski definition) is 10. The molecule has 0 aromatic heterocycles. The molecule has 250 valence electrons. The largest absolute Gasteiger partial charge is 0.462 e. The van der Waals surface area contributed by atoms with Crippen LogP contribution >= 0.6 is 0 Å². The zero-order chi connectivity index (χ0) is 34.4. The molecule has 1 aliphatic rings. The van der Waals surface area contributed by atoms with E-state index >= 15 is 0 Å². The summed E-state index contributed by atoms with van der Waals surface area (Å²) >= 11 is 0. The lowest BCUT2D eigenvalue weighted by Gasteiger charge is -2.45. The average Bonchev–Trinajstić information content (AvgIpc) is 2.90. The SMILES string of the molecule is CC(C)(C)C(=O)OC[C@H]1O[C@@H](/N=C/C=C/c2ccccc2)[C@H](OC(=O)C(C)(C)C)[C@@H](OC(=O)C(C)(C)C)[C@H]1OC(=O)C(C)(C)C. The highest BCUT2D eigenvalue weighted by atomic mass is 16.7. The van der Waals surface area contributed by atoms with Crippen molar-refractivity contribution in [2.45, 2.75) is 114 Å². The zero-order valence-electron chi connectivity index (χ0n) is 28.8. The fraction of sp³-hybridized carbons (Fsp3) is 0.629. The highest BCUT2D eigenvalue weighted by molar-refractivity contribution is 5.79. The highest BCUT2D eigenvalue weighted by Crippen LogP contribution is 2.34. The topological polar surface area (TPSA) is 127 Å². The molecule has 45 heavy (non-hydrogen) atoms. The number of rotatable bonds is 8. The molecule has 5 atom stereocenters. The van der Waals surface area contributed by atoms with E-state index in [9.17, 15) is 19.2 Å². The number of ether oxygens (including phenoxy) is 5. The van der Waals surface area contributed by atoms with Gasteiger partial charge in [0, 0.05) is 6.21 Å². The van der Waals surface area contributed by atoms with E-state index in [1.807, 2.05) is 36.4 Å². The van der Waals surface area contributed by atoms with Crippen molar-refractivity contribution >= 4 is 36.2 Å². The molecular weight excluding hydrogens is 578 g/mol. The Kier molecular flexibility index (Phi) is 12.3. The van der Waals surface area contributed by atoms with Gasteiger partial charge in [0.1, 0.15) is 12.7 Å². The van der Waals surface area contributed by atoms with Crippen LogP contribution in [0.25, 0.3) is 6.08 Å². The third-order valence-corrected chi connectivity index (χ3v) is 6.57. The summed E-state index contributed by atoms with van der Waals surface area (Å²) in [5.74, 6) is -2.36. The molecule has 10 heteroatoms. The summed E-state index contributed by atoms with van der Waals surface area (Å²) in [6.07, 6.45) is -1.28. The van der Waals surface area contributed by atoms with Crippen LogP contribution in [0.1, 0.15) is 88.6 Å². The number of aliphatic imine (C=N–C) groups is 1. The van der Waals surface area contributed by atoms with Crippen LogP contribution in [0.2, 0.25) is 0 Å². The molecule has 0 N–H and O–H groups in total. The van der Waals surface area contributed by atoms with Crippen molar-refractivity contribution in [3.63, 3.8) is 0 Å². The lowest BCUT2D eigenvalue weighted by atomic mass is 9.92. The zero-order valence-corrected chi connectivity index (χ0v) is 28.8. The van der Waals surface area contributed by atoms with E-state index in [2.05, 4.69) is 4.99 Å². The first-order valence-corrected chi connectivity index (χ1v) is 15.2. The van der Waals surface area contributed by atoms with Gasteiger partial charge in [-0.2, -0.15) is 0 Å². The van der Waals surface area contributed by atoms with Crippen LogP contribution in [0.5, 0.6) is 0 Å². The van der Waals surface area contributed by atoms with E-state index in [0.29, 0.717) is 0 Å². The third kappa shape index (κ3) is 11.4. The lowest BCUT2D eigenvalue weighted by Crippen LogP contribution is -2.63. The van der Waals surface area contributed by atoms with Crippen LogP contribution in [0.3, 0.4) is 0 Å². The van der Waals surface area contributed by atoms with Crippen molar-refractivity contribution in [1.29, 1.82) is 0 Å². The van der Waals surface area contributed by atoms with Gasteiger partial charge in [0.15, 0.2) is 24.5 Å². The Bertz CT molecular complexity index is 1240. The van der Waals surface area contributed by atoms with Gasteiger partial charge in [-0.3, -0.25) is 24.2 Å². The maximum Gasteiger partial charge on any atom is 0.311 e. The molecule has 0 amide bonds. The molecule has 10 nitrogen and oxygen atoms in total. The summed E-state index contributed by atoms with van der Waals surface area (Å²) in [6, 6.07) is 9.56. The second kappa shape index (κ2) is 14.7. The van der Waals surface area contributed by atoms with E-state index in [1.165, 1.54) is 6.21 Å². The number of nitrogens with zero attached hydrogens (tertiary/aromatic N) is 1. The lowest BCUT2D eigenvalue weighted by molar-refractivity contribution is -0.258. The summed E-state index contributed by atoms with van der Waals surface area (Å²) in [5.41, 5.74) is -2.73. The molecule has 0 bridgehead atoms. The van der Waals surface area contributed by atoms with Crippen LogP contribution in [0.4, 0.5) is 0 Å². The van der Waals surface area contributed by atoms with Gasteiger partial charge < -0.3 is 23.7 Å². The average molecular weight is 630 g/mol. The van der Waals surface area contributed by atoms with Crippen molar-refractivity contribution < 1.29 is 42.9 Å². The first kappa shape index (κ1) is 37.7. The van der Waals surface area contributed by atoms with Gasteiger partial charge in [-0.05, 0) is 94.7 Å². The predicted molar refractivity (Wildman–Crippen MR) is 171 cm³/mol. The van der Waals surface area contributed by atoms with Gasteiger partial charge in [-0.15, -0.1) is 0 Å². The molecule has 0 unspecified atom stereocenters. The Balaban J connectivity index is 2.67. The van der Waals surface area contributed by atoms with E-state index < -0.39 is 76.2 Å². The Morgan fingerprint density at radius 3 is 1.58 bits per heavy atom. The first-order chi connectivity index (χ1) is 20.5. The Morgan fingerprint density at radius 1 is 0.667 bits per heavy atom. The molecule has 0 saturated carbocycles. The first-order valence-electron chi connectivity index (χ1n) is 15.2. The molecular formula is C35H51NO9. The highest BCUT2D eigenvalue weighted by Gasteiger charge is 2.54. The number of benzene rings is 1. The molecule has 1 aromatic rings. The third-order valence-electron chi connectivity index (χ3n) is 6.57. The van der Waals surface area contributed by atoms with Crippen LogP contribution in [-0.2, 0) is 42.9 Å². The fourth-order valence-electron chi connectivity index (χ4n) is 3.68. The molecule has 1 fully saturated rings. The smallest absolute Gasteiger partial charge is 0.311 e. The van der Waals surface area contributed by atoms with Crippen LogP contribution < -0.4 is 0 Å². The molecule has 1 saturated heterocycles. The summed E-state index contributed by atoms with van der Waals surface area (Å²) in [4.78, 5) is 57.1. The van der Waals surface area contributed by atoms with E-state index in [1.54, 1.807) is 89.2 Å². The number of esters is 4. The van der Waals surface area contributed by atoms with Crippen molar-refractivity contribution in [3.8, 4) is 0 Å². The van der Waals surface area contributed by atoms with Gasteiger partial charge in [0.25, 0.3) is 0 Å². The van der Waals surface area contributed by atoms with Gasteiger partial charge in [-0.25, -0.2) is 0 Å². The number of allylic oxidation sites excluding steroid dienone is 1. The maximum atomic E-state index is 13.3. The van der Waals surface area contributed by atoms with Crippen molar-refractivity contribution in [1.82, 2.24) is 0 Å². The minimum Gasteiger partial charge on any atom is -0.462 e. The summed E-state index contributed by atoms with van der Waals surface area (Å²) in [5, 5.41) is 0. The van der Waals surface area contributed by atoms with E-state index in [4.69, 9.17) is 23.7 Å².